The lowest BCUT2D eigenvalue weighted by atomic mass is 10.1. The van der Waals surface area contributed by atoms with Crippen molar-refractivity contribution in [2.24, 2.45) is 0 Å². The van der Waals surface area contributed by atoms with Crippen molar-refractivity contribution in [3.63, 3.8) is 0 Å². The maximum absolute atomic E-state index is 3.60. The van der Waals surface area contributed by atoms with E-state index >= 15 is 0 Å². The van der Waals surface area contributed by atoms with Crippen LogP contribution in [-0.2, 0) is 0 Å². The summed E-state index contributed by atoms with van der Waals surface area (Å²) in [5.41, 5.74) is 5.87. The van der Waals surface area contributed by atoms with Crippen molar-refractivity contribution in [3.8, 4) is 16.9 Å². The summed E-state index contributed by atoms with van der Waals surface area (Å²) in [5.74, 6) is 0. The van der Waals surface area contributed by atoms with Crippen molar-refractivity contribution in [2.75, 3.05) is 0 Å². The highest BCUT2D eigenvalue weighted by Gasteiger charge is 2.19. The number of H-pyrrole nitrogens is 1. The first-order valence-electron chi connectivity index (χ1n) is 8.48. The van der Waals surface area contributed by atoms with Crippen molar-refractivity contribution in [3.05, 3.63) is 97.2 Å². The fourth-order valence-electron chi connectivity index (χ4n) is 3.56. The minimum absolute atomic E-state index is 1.16. The molecule has 0 radical (unpaired) electrons. The molecule has 1 N–H and O–H groups in total. The molecule has 2 aromatic heterocycles. The molecule has 25 heavy (non-hydrogen) atoms. The topological polar surface area (TPSA) is 19.7 Å². The molecule has 0 aliphatic rings. The van der Waals surface area contributed by atoms with Crippen LogP contribution >= 0.6 is 0 Å². The van der Waals surface area contributed by atoms with Gasteiger partial charge < -0.3 is 4.98 Å². The second kappa shape index (κ2) is 5.60. The molecular weight excluding hydrogens is 304 g/mol. The molecule has 0 aliphatic carbocycles. The van der Waals surface area contributed by atoms with E-state index in [1.165, 1.54) is 27.5 Å². The van der Waals surface area contributed by atoms with E-state index in [1.54, 1.807) is 0 Å². The standard InChI is InChI=1S/C23H17N2/c1-2-9-17(10-3-1)21-14-6-7-16-25(21)22-15-8-12-19-18-11-4-5-13-20(18)24-23(19)22/h1-16,24H/q+1. The van der Waals surface area contributed by atoms with Gasteiger partial charge in [-0.1, -0.05) is 48.5 Å². The Kier molecular flexibility index (Phi) is 3.14. The number of nitrogens with zero attached hydrogens (tertiary/aromatic N) is 1. The molecule has 5 aromatic rings. The van der Waals surface area contributed by atoms with Crippen LogP contribution in [0.5, 0.6) is 0 Å². The number of hydrogen-bond donors (Lipinski definition) is 1. The van der Waals surface area contributed by atoms with Crippen LogP contribution < -0.4 is 4.57 Å². The number of rotatable bonds is 2. The lowest BCUT2D eigenvalue weighted by Crippen LogP contribution is -2.33. The van der Waals surface area contributed by atoms with E-state index < -0.39 is 0 Å². The molecule has 0 bridgehead atoms. The molecular formula is C23H17N2+. The summed E-state index contributed by atoms with van der Waals surface area (Å²) < 4.78 is 2.26. The fraction of sp³-hybridized carbons (Fsp3) is 0. The number of pyridine rings is 1. The van der Waals surface area contributed by atoms with Gasteiger partial charge in [0.1, 0.15) is 5.52 Å². The van der Waals surface area contributed by atoms with E-state index in [0.717, 1.165) is 11.2 Å². The molecule has 118 valence electrons. The Labute approximate surface area is 146 Å². The van der Waals surface area contributed by atoms with E-state index in [9.17, 15) is 0 Å². The second-order valence-corrected chi connectivity index (χ2v) is 6.19. The molecule has 2 nitrogen and oxygen atoms in total. The van der Waals surface area contributed by atoms with Gasteiger partial charge in [0, 0.05) is 40.1 Å². The van der Waals surface area contributed by atoms with Gasteiger partial charge in [0.25, 0.3) is 0 Å². The molecule has 0 saturated heterocycles. The summed E-state index contributed by atoms with van der Waals surface area (Å²) in [6.07, 6.45) is 2.13. The van der Waals surface area contributed by atoms with Crippen molar-refractivity contribution in [2.45, 2.75) is 0 Å². The Bertz CT molecular complexity index is 1190. The number of para-hydroxylation sites is 2. The van der Waals surface area contributed by atoms with E-state index in [2.05, 4.69) is 107 Å². The van der Waals surface area contributed by atoms with Crippen LogP contribution in [0.3, 0.4) is 0 Å². The van der Waals surface area contributed by atoms with Crippen molar-refractivity contribution >= 4 is 21.8 Å². The summed E-state index contributed by atoms with van der Waals surface area (Å²) in [6, 6.07) is 31.8. The van der Waals surface area contributed by atoms with Crippen molar-refractivity contribution < 1.29 is 4.57 Å². The van der Waals surface area contributed by atoms with E-state index in [0.29, 0.717) is 0 Å². The zero-order valence-electron chi connectivity index (χ0n) is 13.7. The SMILES string of the molecule is c1ccc(-c2cccc[n+]2-c2cccc3c2[nH]c2ccccc23)cc1. The first-order valence-corrected chi connectivity index (χ1v) is 8.48. The molecule has 0 fully saturated rings. The average molecular weight is 321 g/mol. The largest absolute Gasteiger partial charge is 0.349 e. The van der Waals surface area contributed by atoms with Gasteiger partial charge in [0.15, 0.2) is 6.20 Å². The number of fused-ring (bicyclic) bond motifs is 3. The van der Waals surface area contributed by atoms with Crippen molar-refractivity contribution in [1.82, 2.24) is 4.98 Å². The Morgan fingerprint density at radius 2 is 1.36 bits per heavy atom. The van der Waals surface area contributed by atoms with Crippen LogP contribution in [0.15, 0.2) is 97.2 Å². The third-order valence-corrected chi connectivity index (χ3v) is 4.71. The monoisotopic (exact) mass is 321 g/mol. The Morgan fingerprint density at radius 1 is 0.600 bits per heavy atom. The molecule has 0 spiro atoms. The zero-order valence-corrected chi connectivity index (χ0v) is 13.7. The summed E-state index contributed by atoms with van der Waals surface area (Å²) in [6.45, 7) is 0. The van der Waals surface area contributed by atoms with Crippen LogP contribution in [0.4, 0.5) is 0 Å². The fourth-order valence-corrected chi connectivity index (χ4v) is 3.56. The van der Waals surface area contributed by atoms with Gasteiger partial charge in [-0.25, -0.2) is 0 Å². The number of benzene rings is 3. The minimum Gasteiger partial charge on any atom is -0.349 e. The van der Waals surface area contributed by atoms with Gasteiger partial charge in [-0.2, -0.15) is 4.57 Å². The number of aromatic amines is 1. The van der Waals surface area contributed by atoms with Gasteiger partial charge in [0.2, 0.25) is 11.4 Å². The smallest absolute Gasteiger partial charge is 0.235 e. The van der Waals surface area contributed by atoms with Crippen LogP contribution in [0, 0.1) is 0 Å². The summed E-state index contributed by atoms with van der Waals surface area (Å²) in [7, 11) is 0. The van der Waals surface area contributed by atoms with Crippen molar-refractivity contribution in [1.29, 1.82) is 0 Å². The predicted molar refractivity (Wildman–Crippen MR) is 103 cm³/mol. The zero-order chi connectivity index (χ0) is 16.6. The summed E-state index contributed by atoms with van der Waals surface area (Å²) in [5, 5.41) is 2.51. The van der Waals surface area contributed by atoms with Gasteiger partial charge in [-0.15, -0.1) is 0 Å². The highest BCUT2D eigenvalue weighted by Crippen LogP contribution is 2.28. The lowest BCUT2D eigenvalue weighted by molar-refractivity contribution is -0.582. The average Bonchev–Trinajstić information content (AvgIpc) is 3.07. The normalized spacial score (nSPS) is 11.2. The first kappa shape index (κ1) is 14.0. The number of aromatic nitrogens is 2. The maximum Gasteiger partial charge on any atom is 0.235 e. The highest BCUT2D eigenvalue weighted by molar-refractivity contribution is 6.09. The number of nitrogens with one attached hydrogen (secondary N) is 1. The molecule has 0 aliphatic heterocycles. The van der Waals surface area contributed by atoms with Gasteiger partial charge in [-0.05, 0) is 24.3 Å². The molecule has 0 amide bonds. The predicted octanol–water partition coefficient (Wildman–Crippen LogP) is 5.26. The minimum atomic E-state index is 1.16. The Hall–Kier alpha value is -3.39. The third-order valence-electron chi connectivity index (χ3n) is 4.71. The summed E-state index contributed by atoms with van der Waals surface area (Å²) >= 11 is 0. The number of hydrogen-bond acceptors (Lipinski definition) is 0. The maximum atomic E-state index is 3.60. The highest BCUT2D eigenvalue weighted by atomic mass is 15.0. The molecule has 2 heterocycles. The molecule has 5 rings (SSSR count). The van der Waals surface area contributed by atoms with Crippen LogP contribution in [-0.4, -0.2) is 4.98 Å². The van der Waals surface area contributed by atoms with Crippen LogP contribution in [0.1, 0.15) is 0 Å². The molecule has 2 heteroatoms. The van der Waals surface area contributed by atoms with Gasteiger partial charge in [0.05, 0.1) is 0 Å². The lowest BCUT2D eigenvalue weighted by Gasteiger charge is -2.04. The van der Waals surface area contributed by atoms with E-state index in [-0.39, 0.29) is 0 Å². The van der Waals surface area contributed by atoms with Gasteiger partial charge in [-0.3, -0.25) is 0 Å². The van der Waals surface area contributed by atoms with E-state index in [1.807, 2.05) is 0 Å². The quantitative estimate of drug-likeness (QED) is 0.428. The molecule has 3 aromatic carbocycles. The third kappa shape index (κ3) is 2.23. The van der Waals surface area contributed by atoms with E-state index in [4.69, 9.17) is 0 Å². The van der Waals surface area contributed by atoms with Gasteiger partial charge >= 0.3 is 0 Å². The Balaban J connectivity index is 1.83. The molecule has 0 unspecified atom stereocenters. The summed E-state index contributed by atoms with van der Waals surface area (Å²) in [4.78, 5) is 3.60. The second-order valence-electron chi connectivity index (χ2n) is 6.19. The van der Waals surface area contributed by atoms with Crippen LogP contribution in [0.2, 0.25) is 0 Å². The first-order chi connectivity index (χ1) is 12.4. The Morgan fingerprint density at radius 3 is 2.28 bits per heavy atom. The molecule has 0 atom stereocenters. The molecule has 0 saturated carbocycles. The van der Waals surface area contributed by atoms with Crippen LogP contribution in [0.25, 0.3) is 38.8 Å².